The maximum Gasteiger partial charge on any atom is 0.119 e. The van der Waals surface area contributed by atoms with Crippen LogP contribution in [0.5, 0.6) is 5.75 Å². The molecule has 0 bridgehead atoms. The number of aromatic nitrogens is 1. The summed E-state index contributed by atoms with van der Waals surface area (Å²) in [6, 6.07) is 19.0. The Labute approximate surface area is 184 Å². The fourth-order valence-corrected chi connectivity index (χ4v) is 4.23. The third-order valence-electron chi connectivity index (χ3n) is 5.97. The van der Waals surface area contributed by atoms with Crippen molar-refractivity contribution in [3.05, 3.63) is 71.9 Å². The molecule has 1 aliphatic heterocycles. The smallest absolute Gasteiger partial charge is 0.119 e. The molecule has 1 aromatic heterocycles. The molecule has 2 aromatic carbocycles. The van der Waals surface area contributed by atoms with Gasteiger partial charge in [-0.15, -0.1) is 0 Å². The number of likely N-dealkylation sites (tertiary alicyclic amines) is 1. The van der Waals surface area contributed by atoms with Gasteiger partial charge in [0.05, 0.1) is 24.8 Å². The van der Waals surface area contributed by atoms with E-state index in [1.54, 1.807) is 7.11 Å². The lowest BCUT2D eigenvalue weighted by Gasteiger charge is -2.37. The fraction of sp³-hybridized carbons (Fsp3) is 0.423. The summed E-state index contributed by atoms with van der Waals surface area (Å²) < 4.78 is 17.3. The van der Waals surface area contributed by atoms with Crippen LogP contribution in [0.25, 0.3) is 10.9 Å². The fourth-order valence-electron chi connectivity index (χ4n) is 4.23. The molecule has 4 rings (SSSR count). The monoisotopic (exact) mass is 420 g/mol. The number of benzene rings is 2. The summed E-state index contributed by atoms with van der Waals surface area (Å²) in [4.78, 5) is 6.83. The zero-order valence-electron chi connectivity index (χ0n) is 18.5. The number of rotatable bonds is 9. The van der Waals surface area contributed by atoms with Crippen LogP contribution in [0.15, 0.2) is 60.8 Å². The highest BCUT2D eigenvalue weighted by Gasteiger charge is 2.29. The second kappa shape index (κ2) is 10.7. The molecule has 0 saturated carbocycles. The van der Waals surface area contributed by atoms with Crippen molar-refractivity contribution in [2.24, 2.45) is 0 Å². The standard InChI is InChI=1S/C26H32N2O3/c1-28-14-12-24(21-8-10-23(11-9-21)30-16-4-15-29-2)26(18-28)31-19-20-6-7-22-5-3-13-27-25(22)17-20/h3,5-11,13,17,24,26H,4,12,14-16,18-19H2,1-2H3/t24-,26+/m1/s1. The zero-order chi connectivity index (χ0) is 21.5. The molecule has 5 heteroatoms. The SMILES string of the molecule is COCCCOc1ccc([C@H]2CCN(C)C[C@@H]2OCc2ccc3cccnc3c2)cc1. The van der Waals surface area contributed by atoms with Crippen molar-refractivity contribution < 1.29 is 14.2 Å². The number of pyridine rings is 1. The van der Waals surface area contributed by atoms with Crippen molar-refractivity contribution in [2.75, 3.05) is 40.5 Å². The van der Waals surface area contributed by atoms with E-state index in [1.165, 1.54) is 5.56 Å². The van der Waals surface area contributed by atoms with Crippen LogP contribution in [0, 0.1) is 0 Å². The van der Waals surface area contributed by atoms with E-state index < -0.39 is 0 Å². The van der Waals surface area contributed by atoms with E-state index in [0.717, 1.165) is 54.8 Å². The highest BCUT2D eigenvalue weighted by molar-refractivity contribution is 5.78. The Balaban J connectivity index is 1.40. The van der Waals surface area contributed by atoms with Gasteiger partial charge in [0, 0.05) is 44.2 Å². The number of hydrogen-bond acceptors (Lipinski definition) is 5. The average Bonchev–Trinajstić information content (AvgIpc) is 2.81. The number of ether oxygens (including phenoxy) is 3. The molecular formula is C26H32N2O3. The summed E-state index contributed by atoms with van der Waals surface area (Å²) in [5.41, 5.74) is 3.50. The molecule has 2 heterocycles. The van der Waals surface area contributed by atoms with Crippen LogP contribution in [0.1, 0.15) is 29.9 Å². The van der Waals surface area contributed by atoms with E-state index in [0.29, 0.717) is 19.1 Å². The predicted octanol–water partition coefficient (Wildman–Crippen LogP) is 4.65. The summed E-state index contributed by atoms with van der Waals surface area (Å²) >= 11 is 0. The third kappa shape index (κ3) is 5.82. The van der Waals surface area contributed by atoms with Crippen LogP contribution < -0.4 is 4.74 Å². The normalized spacial score (nSPS) is 19.5. The van der Waals surface area contributed by atoms with E-state index in [9.17, 15) is 0 Å². The molecule has 0 spiro atoms. The highest BCUT2D eigenvalue weighted by atomic mass is 16.5. The molecular weight excluding hydrogens is 388 g/mol. The van der Waals surface area contributed by atoms with E-state index in [4.69, 9.17) is 14.2 Å². The molecule has 0 unspecified atom stereocenters. The first kappa shape index (κ1) is 21.8. The number of methoxy groups -OCH3 is 1. The van der Waals surface area contributed by atoms with Gasteiger partial charge >= 0.3 is 0 Å². The van der Waals surface area contributed by atoms with E-state index >= 15 is 0 Å². The molecule has 164 valence electrons. The summed E-state index contributed by atoms with van der Waals surface area (Å²) in [5, 5.41) is 1.16. The first-order valence-electron chi connectivity index (χ1n) is 11.1. The van der Waals surface area contributed by atoms with Gasteiger partial charge in [-0.2, -0.15) is 0 Å². The van der Waals surface area contributed by atoms with Gasteiger partial charge in [-0.3, -0.25) is 4.98 Å². The Hall–Kier alpha value is -2.47. The van der Waals surface area contributed by atoms with Crippen molar-refractivity contribution in [1.29, 1.82) is 0 Å². The second-order valence-corrected chi connectivity index (χ2v) is 8.30. The molecule has 0 radical (unpaired) electrons. The molecule has 1 saturated heterocycles. The Bertz CT molecular complexity index is 960. The quantitative estimate of drug-likeness (QED) is 0.471. The van der Waals surface area contributed by atoms with Gasteiger partial charge in [-0.1, -0.05) is 30.3 Å². The third-order valence-corrected chi connectivity index (χ3v) is 5.97. The van der Waals surface area contributed by atoms with Crippen LogP contribution in [-0.4, -0.2) is 56.4 Å². The van der Waals surface area contributed by atoms with Gasteiger partial charge in [-0.25, -0.2) is 0 Å². The molecule has 2 atom stereocenters. The van der Waals surface area contributed by atoms with Crippen LogP contribution in [0.2, 0.25) is 0 Å². The topological polar surface area (TPSA) is 43.8 Å². The van der Waals surface area contributed by atoms with Crippen molar-refractivity contribution >= 4 is 10.9 Å². The summed E-state index contributed by atoms with van der Waals surface area (Å²) in [5.74, 6) is 1.30. The average molecular weight is 421 g/mol. The molecule has 3 aromatic rings. The summed E-state index contributed by atoms with van der Waals surface area (Å²) in [6.45, 7) is 4.02. The first-order valence-corrected chi connectivity index (χ1v) is 11.1. The highest BCUT2D eigenvalue weighted by Crippen LogP contribution is 2.32. The van der Waals surface area contributed by atoms with Gasteiger partial charge in [0.25, 0.3) is 0 Å². The molecule has 0 amide bonds. The predicted molar refractivity (Wildman–Crippen MR) is 124 cm³/mol. The lowest BCUT2D eigenvalue weighted by atomic mass is 9.87. The number of nitrogens with zero attached hydrogens (tertiary/aromatic N) is 2. The lowest BCUT2D eigenvalue weighted by molar-refractivity contribution is -0.0182. The van der Waals surface area contributed by atoms with E-state index in [2.05, 4.69) is 65.5 Å². The first-order chi connectivity index (χ1) is 15.2. The van der Waals surface area contributed by atoms with Crippen molar-refractivity contribution in [3.8, 4) is 5.75 Å². The Morgan fingerprint density at radius 3 is 2.77 bits per heavy atom. The Morgan fingerprint density at radius 1 is 1.06 bits per heavy atom. The van der Waals surface area contributed by atoms with Gasteiger partial charge in [0.2, 0.25) is 0 Å². The second-order valence-electron chi connectivity index (χ2n) is 8.30. The number of piperidine rings is 1. The van der Waals surface area contributed by atoms with E-state index in [-0.39, 0.29) is 6.10 Å². The minimum Gasteiger partial charge on any atom is -0.494 e. The van der Waals surface area contributed by atoms with Crippen molar-refractivity contribution in [3.63, 3.8) is 0 Å². The van der Waals surface area contributed by atoms with Crippen LogP contribution in [0.3, 0.4) is 0 Å². The summed E-state index contributed by atoms with van der Waals surface area (Å²) in [7, 11) is 3.88. The Kier molecular flexibility index (Phi) is 7.52. The van der Waals surface area contributed by atoms with Gasteiger partial charge in [0.1, 0.15) is 5.75 Å². The number of fused-ring (bicyclic) bond motifs is 1. The molecule has 31 heavy (non-hydrogen) atoms. The van der Waals surface area contributed by atoms with Crippen LogP contribution in [-0.2, 0) is 16.1 Å². The van der Waals surface area contributed by atoms with Gasteiger partial charge in [0.15, 0.2) is 0 Å². The van der Waals surface area contributed by atoms with Crippen molar-refractivity contribution in [2.45, 2.75) is 31.5 Å². The number of likely N-dealkylation sites (N-methyl/N-ethyl adjacent to an activating group) is 1. The minimum absolute atomic E-state index is 0.159. The van der Waals surface area contributed by atoms with Crippen LogP contribution in [0.4, 0.5) is 0 Å². The van der Waals surface area contributed by atoms with Crippen LogP contribution >= 0.6 is 0 Å². The largest absolute Gasteiger partial charge is 0.494 e. The minimum atomic E-state index is 0.159. The molecule has 0 N–H and O–H groups in total. The van der Waals surface area contributed by atoms with Gasteiger partial charge < -0.3 is 19.1 Å². The maximum absolute atomic E-state index is 6.46. The lowest BCUT2D eigenvalue weighted by Crippen LogP contribution is -2.42. The van der Waals surface area contributed by atoms with E-state index in [1.807, 2.05) is 12.3 Å². The molecule has 1 fully saturated rings. The molecule has 1 aliphatic rings. The molecule has 5 nitrogen and oxygen atoms in total. The van der Waals surface area contributed by atoms with Crippen molar-refractivity contribution in [1.82, 2.24) is 9.88 Å². The zero-order valence-corrected chi connectivity index (χ0v) is 18.5. The number of hydrogen-bond donors (Lipinski definition) is 0. The van der Waals surface area contributed by atoms with Gasteiger partial charge in [-0.05, 0) is 55.4 Å². The summed E-state index contributed by atoms with van der Waals surface area (Å²) in [6.07, 6.45) is 3.98. The Morgan fingerprint density at radius 2 is 1.94 bits per heavy atom. The maximum atomic E-state index is 6.46. The molecule has 0 aliphatic carbocycles.